The summed E-state index contributed by atoms with van der Waals surface area (Å²) in [4.78, 5) is 16.3. The van der Waals surface area contributed by atoms with Gasteiger partial charge in [-0.05, 0) is 32.0 Å². The molecule has 0 bridgehead atoms. The molecule has 108 valence electrons. The minimum atomic E-state index is -0.281. The molecule has 0 aliphatic rings. The highest BCUT2D eigenvalue weighted by molar-refractivity contribution is 5.91. The fraction of sp³-hybridized carbons (Fsp3) is 0.286. The number of rotatable bonds is 4. The minimum absolute atomic E-state index is 0.230. The molecule has 1 amide bonds. The fourth-order valence-electron chi connectivity index (χ4n) is 2.03. The summed E-state index contributed by atoms with van der Waals surface area (Å²) in [6.45, 7) is 4.22. The monoisotopic (exact) mass is 285 g/mol. The van der Waals surface area contributed by atoms with E-state index < -0.39 is 0 Å². The van der Waals surface area contributed by atoms with E-state index in [0.717, 1.165) is 17.2 Å². The smallest absolute Gasteiger partial charge is 0.289 e. The molecule has 0 aromatic carbocycles. The highest BCUT2D eigenvalue weighted by atomic mass is 16.3. The van der Waals surface area contributed by atoms with Crippen molar-refractivity contribution in [2.45, 2.75) is 20.3 Å². The zero-order valence-electron chi connectivity index (χ0n) is 11.8. The number of nitrogens with zero attached hydrogens (tertiary/aromatic N) is 4. The number of fused-ring (bicyclic) bond motifs is 1. The summed E-state index contributed by atoms with van der Waals surface area (Å²) in [6, 6.07) is 5.61. The second-order valence-corrected chi connectivity index (χ2v) is 4.78. The Hall–Kier alpha value is -2.70. The summed E-state index contributed by atoms with van der Waals surface area (Å²) in [5.74, 6) is 2.07. The molecule has 7 nitrogen and oxygen atoms in total. The molecule has 0 aliphatic heterocycles. The number of hydrogen-bond donors (Lipinski definition) is 1. The first-order valence-electron chi connectivity index (χ1n) is 6.65. The molecule has 3 aromatic rings. The predicted octanol–water partition coefficient (Wildman–Crippen LogP) is 1.31. The van der Waals surface area contributed by atoms with Crippen molar-refractivity contribution < 1.29 is 9.21 Å². The largest absolute Gasteiger partial charge is 0.466 e. The number of carbonyl (C=O) groups is 1. The maximum Gasteiger partial charge on any atom is 0.289 e. The van der Waals surface area contributed by atoms with Gasteiger partial charge >= 0.3 is 0 Å². The number of furan rings is 1. The summed E-state index contributed by atoms with van der Waals surface area (Å²) in [5, 5.41) is 10.6. The van der Waals surface area contributed by atoms with Crippen molar-refractivity contribution in [2.24, 2.45) is 0 Å². The van der Waals surface area contributed by atoms with Gasteiger partial charge in [-0.2, -0.15) is 0 Å². The van der Waals surface area contributed by atoms with Crippen molar-refractivity contribution in [3.63, 3.8) is 0 Å². The summed E-state index contributed by atoms with van der Waals surface area (Å²) in [5.41, 5.74) is 0.829. The Morgan fingerprint density at radius 3 is 2.90 bits per heavy atom. The number of carbonyl (C=O) groups excluding carboxylic acids is 1. The lowest BCUT2D eigenvalue weighted by molar-refractivity contribution is 0.0942. The van der Waals surface area contributed by atoms with Crippen LogP contribution in [0.2, 0.25) is 0 Å². The lowest BCUT2D eigenvalue weighted by Crippen LogP contribution is -2.27. The van der Waals surface area contributed by atoms with E-state index in [2.05, 4.69) is 20.5 Å². The third-order valence-corrected chi connectivity index (χ3v) is 3.08. The maximum absolute atomic E-state index is 12.1. The van der Waals surface area contributed by atoms with E-state index in [-0.39, 0.29) is 11.7 Å². The SMILES string of the molecule is Cc1ccn2c(C(=O)NCCc3ccc(C)o3)nnc2n1. The molecule has 0 fully saturated rings. The van der Waals surface area contributed by atoms with Gasteiger partial charge in [-0.15, -0.1) is 10.2 Å². The summed E-state index contributed by atoms with van der Waals surface area (Å²) < 4.78 is 7.01. The molecule has 0 unspecified atom stereocenters. The van der Waals surface area contributed by atoms with E-state index in [1.54, 1.807) is 16.7 Å². The first-order valence-corrected chi connectivity index (χ1v) is 6.65. The van der Waals surface area contributed by atoms with Crippen LogP contribution in [0.25, 0.3) is 5.78 Å². The van der Waals surface area contributed by atoms with Gasteiger partial charge in [0.1, 0.15) is 11.5 Å². The standard InChI is InChI=1S/C14H15N5O2/c1-9-6-8-19-12(17-18-14(19)16-9)13(20)15-7-5-11-4-3-10(2)21-11/h3-4,6,8H,5,7H2,1-2H3,(H,15,20). The van der Waals surface area contributed by atoms with E-state index >= 15 is 0 Å². The third-order valence-electron chi connectivity index (χ3n) is 3.08. The van der Waals surface area contributed by atoms with Crippen LogP contribution >= 0.6 is 0 Å². The molecule has 3 rings (SSSR count). The Balaban J connectivity index is 1.66. The molecule has 0 spiro atoms. The molecular formula is C14H15N5O2. The first-order chi connectivity index (χ1) is 10.1. The number of nitrogens with one attached hydrogen (secondary N) is 1. The van der Waals surface area contributed by atoms with E-state index in [1.807, 2.05) is 26.0 Å². The van der Waals surface area contributed by atoms with Gasteiger partial charge in [0.05, 0.1) is 0 Å². The molecule has 7 heteroatoms. The molecule has 0 radical (unpaired) electrons. The predicted molar refractivity (Wildman–Crippen MR) is 75.0 cm³/mol. The Bertz CT molecular complexity index is 790. The zero-order valence-corrected chi connectivity index (χ0v) is 11.8. The van der Waals surface area contributed by atoms with Crippen LogP contribution in [0.15, 0.2) is 28.8 Å². The molecule has 3 heterocycles. The number of aryl methyl sites for hydroxylation is 2. The van der Waals surface area contributed by atoms with Crippen LogP contribution in [0, 0.1) is 13.8 Å². The van der Waals surface area contributed by atoms with Gasteiger partial charge < -0.3 is 9.73 Å². The molecule has 1 N–H and O–H groups in total. The van der Waals surface area contributed by atoms with Crippen molar-refractivity contribution in [1.29, 1.82) is 0 Å². The van der Waals surface area contributed by atoms with Crippen LogP contribution in [0.4, 0.5) is 0 Å². The van der Waals surface area contributed by atoms with Crippen molar-refractivity contribution in [1.82, 2.24) is 24.9 Å². The van der Waals surface area contributed by atoms with Gasteiger partial charge in [-0.1, -0.05) is 0 Å². The Morgan fingerprint density at radius 2 is 2.14 bits per heavy atom. The Morgan fingerprint density at radius 1 is 1.29 bits per heavy atom. The van der Waals surface area contributed by atoms with Crippen molar-refractivity contribution in [2.75, 3.05) is 6.54 Å². The van der Waals surface area contributed by atoms with Gasteiger partial charge in [-0.25, -0.2) is 4.98 Å². The average Bonchev–Trinajstić information content (AvgIpc) is 3.04. The van der Waals surface area contributed by atoms with Gasteiger partial charge in [-0.3, -0.25) is 9.20 Å². The lowest BCUT2D eigenvalue weighted by atomic mass is 10.3. The summed E-state index contributed by atoms with van der Waals surface area (Å²) in [6.07, 6.45) is 2.37. The van der Waals surface area contributed by atoms with E-state index in [1.165, 1.54) is 0 Å². The van der Waals surface area contributed by atoms with Gasteiger partial charge in [0, 0.05) is 24.9 Å². The number of aromatic nitrogens is 4. The first kappa shape index (κ1) is 13.3. The quantitative estimate of drug-likeness (QED) is 0.781. The number of amides is 1. The Labute approximate surface area is 121 Å². The second kappa shape index (κ2) is 5.35. The lowest BCUT2D eigenvalue weighted by Gasteiger charge is -2.02. The van der Waals surface area contributed by atoms with Crippen LogP contribution in [-0.2, 0) is 6.42 Å². The molecule has 0 atom stereocenters. The molecule has 0 saturated carbocycles. The highest BCUT2D eigenvalue weighted by Gasteiger charge is 2.14. The second-order valence-electron chi connectivity index (χ2n) is 4.78. The molecule has 3 aromatic heterocycles. The van der Waals surface area contributed by atoms with Crippen molar-refractivity contribution >= 4 is 11.7 Å². The summed E-state index contributed by atoms with van der Waals surface area (Å²) in [7, 11) is 0. The van der Waals surface area contributed by atoms with Crippen molar-refractivity contribution in [3.8, 4) is 0 Å². The third kappa shape index (κ3) is 2.76. The molecule has 0 aliphatic carbocycles. The van der Waals surface area contributed by atoms with Crippen LogP contribution in [-0.4, -0.2) is 32.0 Å². The zero-order chi connectivity index (χ0) is 14.8. The topological polar surface area (TPSA) is 85.3 Å². The maximum atomic E-state index is 12.1. The molecule has 21 heavy (non-hydrogen) atoms. The van der Waals surface area contributed by atoms with E-state index in [4.69, 9.17) is 4.42 Å². The van der Waals surface area contributed by atoms with Gasteiger partial charge in [0.25, 0.3) is 11.7 Å². The Kier molecular flexibility index (Phi) is 3.39. The van der Waals surface area contributed by atoms with Crippen LogP contribution < -0.4 is 5.32 Å². The van der Waals surface area contributed by atoms with E-state index in [0.29, 0.717) is 18.7 Å². The van der Waals surface area contributed by atoms with Crippen molar-refractivity contribution in [3.05, 3.63) is 47.4 Å². The summed E-state index contributed by atoms with van der Waals surface area (Å²) >= 11 is 0. The van der Waals surface area contributed by atoms with Gasteiger partial charge in [0.2, 0.25) is 5.82 Å². The molecule has 0 saturated heterocycles. The minimum Gasteiger partial charge on any atom is -0.466 e. The van der Waals surface area contributed by atoms with Crippen LogP contribution in [0.3, 0.4) is 0 Å². The number of hydrogen-bond acceptors (Lipinski definition) is 5. The molecular weight excluding hydrogens is 270 g/mol. The average molecular weight is 285 g/mol. The normalized spacial score (nSPS) is 11.0. The van der Waals surface area contributed by atoms with Gasteiger partial charge in [0.15, 0.2) is 0 Å². The highest BCUT2D eigenvalue weighted by Crippen LogP contribution is 2.06. The van der Waals surface area contributed by atoms with Crippen LogP contribution in [0.1, 0.15) is 27.8 Å². The van der Waals surface area contributed by atoms with Crippen LogP contribution in [0.5, 0.6) is 0 Å². The van der Waals surface area contributed by atoms with E-state index in [9.17, 15) is 4.79 Å². The fourth-order valence-corrected chi connectivity index (χ4v) is 2.03.